The van der Waals surface area contributed by atoms with Crippen molar-refractivity contribution in [2.75, 3.05) is 32.1 Å². The second-order valence-corrected chi connectivity index (χ2v) is 6.14. The lowest BCUT2D eigenvalue weighted by molar-refractivity contribution is 0.395. The van der Waals surface area contributed by atoms with Gasteiger partial charge in [0.15, 0.2) is 0 Å². The van der Waals surface area contributed by atoms with E-state index in [1.54, 1.807) is 0 Å². The van der Waals surface area contributed by atoms with Gasteiger partial charge in [-0.15, -0.1) is 0 Å². The van der Waals surface area contributed by atoms with Crippen molar-refractivity contribution in [1.82, 2.24) is 9.88 Å². The second kappa shape index (κ2) is 6.38. The summed E-state index contributed by atoms with van der Waals surface area (Å²) in [4.78, 5) is 9.63. The maximum absolute atomic E-state index is 4.90. The first-order valence-electron chi connectivity index (χ1n) is 7.47. The molecule has 0 amide bonds. The van der Waals surface area contributed by atoms with E-state index in [1.807, 2.05) is 0 Å². The number of hydrogen-bond donors (Lipinski definition) is 0. The summed E-state index contributed by atoms with van der Waals surface area (Å²) in [7, 11) is 4.23. The summed E-state index contributed by atoms with van der Waals surface area (Å²) in [6.45, 7) is 7.71. The van der Waals surface area contributed by atoms with Crippen molar-refractivity contribution in [3.05, 3.63) is 23.5 Å². The average Bonchev–Trinajstić information content (AvgIpc) is 2.39. The highest BCUT2D eigenvalue weighted by molar-refractivity contribution is 5.51. The van der Waals surface area contributed by atoms with Gasteiger partial charge in [0, 0.05) is 25.3 Å². The standard InChI is InChI=1S/C16H27N3/c1-13(2)14-8-9-16(15(17-14)12-18(3)4)19-10-6-5-7-11-19/h8-9,13H,5-7,10-12H2,1-4H3. The van der Waals surface area contributed by atoms with Crippen LogP contribution in [0.15, 0.2) is 12.1 Å². The maximum atomic E-state index is 4.90. The monoisotopic (exact) mass is 261 g/mol. The Morgan fingerprint density at radius 3 is 2.42 bits per heavy atom. The number of pyridine rings is 1. The topological polar surface area (TPSA) is 19.4 Å². The van der Waals surface area contributed by atoms with Gasteiger partial charge in [-0.25, -0.2) is 0 Å². The molecular formula is C16H27N3. The summed E-state index contributed by atoms with van der Waals surface area (Å²) in [6, 6.07) is 4.49. The van der Waals surface area contributed by atoms with Crippen LogP contribution in [-0.4, -0.2) is 37.1 Å². The molecule has 106 valence electrons. The predicted octanol–water partition coefficient (Wildman–Crippen LogP) is 3.26. The molecule has 0 aliphatic carbocycles. The van der Waals surface area contributed by atoms with E-state index >= 15 is 0 Å². The van der Waals surface area contributed by atoms with Crippen LogP contribution in [0.5, 0.6) is 0 Å². The van der Waals surface area contributed by atoms with Gasteiger partial charge in [-0.3, -0.25) is 4.98 Å². The third-order valence-corrected chi connectivity index (χ3v) is 3.73. The minimum Gasteiger partial charge on any atom is -0.370 e. The fraction of sp³-hybridized carbons (Fsp3) is 0.688. The summed E-state index contributed by atoms with van der Waals surface area (Å²) in [5.74, 6) is 0.497. The lowest BCUT2D eigenvalue weighted by Crippen LogP contribution is -2.31. The molecule has 0 N–H and O–H groups in total. The molecule has 1 fully saturated rings. The van der Waals surface area contributed by atoms with E-state index in [2.05, 4.69) is 49.9 Å². The van der Waals surface area contributed by atoms with Crippen LogP contribution in [0.1, 0.15) is 50.4 Å². The molecule has 19 heavy (non-hydrogen) atoms. The quantitative estimate of drug-likeness (QED) is 0.829. The van der Waals surface area contributed by atoms with Crippen LogP contribution in [0.3, 0.4) is 0 Å². The zero-order chi connectivity index (χ0) is 13.8. The van der Waals surface area contributed by atoms with Crippen molar-refractivity contribution in [2.24, 2.45) is 0 Å². The van der Waals surface area contributed by atoms with Gasteiger partial charge >= 0.3 is 0 Å². The summed E-state index contributed by atoms with van der Waals surface area (Å²) >= 11 is 0. The van der Waals surface area contributed by atoms with Crippen molar-refractivity contribution in [1.29, 1.82) is 0 Å². The number of piperidine rings is 1. The molecule has 0 unspecified atom stereocenters. The fourth-order valence-electron chi connectivity index (χ4n) is 2.67. The van der Waals surface area contributed by atoms with E-state index in [-0.39, 0.29) is 0 Å². The van der Waals surface area contributed by atoms with E-state index in [1.165, 1.54) is 49.4 Å². The first kappa shape index (κ1) is 14.3. The Balaban J connectivity index is 2.29. The summed E-state index contributed by atoms with van der Waals surface area (Å²) < 4.78 is 0. The summed E-state index contributed by atoms with van der Waals surface area (Å²) in [6.07, 6.45) is 4.00. The van der Waals surface area contributed by atoms with E-state index in [0.717, 1.165) is 6.54 Å². The molecule has 2 rings (SSSR count). The molecule has 1 aliphatic rings. The highest BCUT2D eigenvalue weighted by Gasteiger charge is 2.17. The van der Waals surface area contributed by atoms with Crippen LogP contribution >= 0.6 is 0 Å². The van der Waals surface area contributed by atoms with Gasteiger partial charge in [-0.2, -0.15) is 0 Å². The van der Waals surface area contributed by atoms with Crippen molar-refractivity contribution >= 4 is 5.69 Å². The van der Waals surface area contributed by atoms with Crippen LogP contribution in [-0.2, 0) is 6.54 Å². The molecule has 1 saturated heterocycles. The van der Waals surface area contributed by atoms with E-state index in [0.29, 0.717) is 5.92 Å². The van der Waals surface area contributed by atoms with Crippen molar-refractivity contribution in [3.63, 3.8) is 0 Å². The van der Waals surface area contributed by atoms with Crippen molar-refractivity contribution < 1.29 is 0 Å². The Bertz CT molecular complexity index is 406. The molecule has 3 heteroatoms. The van der Waals surface area contributed by atoms with Crippen molar-refractivity contribution in [3.8, 4) is 0 Å². The third-order valence-electron chi connectivity index (χ3n) is 3.73. The number of nitrogens with zero attached hydrogens (tertiary/aromatic N) is 3. The van der Waals surface area contributed by atoms with Gasteiger partial charge in [-0.05, 0) is 51.4 Å². The third kappa shape index (κ3) is 3.69. The Morgan fingerprint density at radius 1 is 1.16 bits per heavy atom. The minimum atomic E-state index is 0.497. The van der Waals surface area contributed by atoms with E-state index in [4.69, 9.17) is 4.98 Å². The van der Waals surface area contributed by atoms with Crippen LogP contribution in [0, 0.1) is 0 Å². The summed E-state index contributed by atoms with van der Waals surface area (Å²) in [5.41, 5.74) is 3.79. The van der Waals surface area contributed by atoms with Crippen molar-refractivity contribution in [2.45, 2.75) is 45.6 Å². The largest absolute Gasteiger partial charge is 0.370 e. The van der Waals surface area contributed by atoms with Crippen LogP contribution in [0.25, 0.3) is 0 Å². The van der Waals surface area contributed by atoms with Gasteiger partial charge in [0.25, 0.3) is 0 Å². The first-order chi connectivity index (χ1) is 9.08. The smallest absolute Gasteiger partial charge is 0.0780 e. The maximum Gasteiger partial charge on any atom is 0.0780 e. The van der Waals surface area contributed by atoms with Gasteiger partial charge in [-0.1, -0.05) is 13.8 Å². The Hall–Kier alpha value is -1.09. The minimum absolute atomic E-state index is 0.497. The molecule has 0 atom stereocenters. The molecule has 1 aliphatic heterocycles. The molecule has 1 aromatic heterocycles. The zero-order valence-electron chi connectivity index (χ0n) is 12.8. The number of hydrogen-bond acceptors (Lipinski definition) is 3. The molecule has 0 radical (unpaired) electrons. The number of anilines is 1. The molecule has 0 aromatic carbocycles. The Labute approximate surface area is 117 Å². The molecule has 2 heterocycles. The predicted molar refractivity (Wildman–Crippen MR) is 81.8 cm³/mol. The lowest BCUT2D eigenvalue weighted by atomic mass is 10.1. The highest BCUT2D eigenvalue weighted by atomic mass is 15.2. The van der Waals surface area contributed by atoms with Crippen LogP contribution in [0.4, 0.5) is 5.69 Å². The van der Waals surface area contributed by atoms with E-state index < -0.39 is 0 Å². The molecular weight excluding hydrogens is 234 g/mol. The normalized spacial score (nSPS) is 16.4. The SMILES string of the molecule is CC(C)c1ccc(N2CCCCC2)c(CN(C)C)n1. The van der Waals surface area contributed by atoms with E-state index in [9.17, 15) is 0 Å². The lowest BCUT2D eigenvalue weighted by Gasteiger charge is -2.31. The Morgan fingerprint density at radius 2 is 1.84 bits per heavy atom. The average molecular weight is 261 g/mol. The van der Waals surface area contributed by atoms with Gasteiger partial charge in [0.1, 0.15) is 0 Å². The molecule has 0 spiro atoms. The zero-order valence-corrected chi connectivity index (χ0v) is 12.8. The molecule has 0 saturated carbocycles. The number of aromatic nitrogens is 1. The Kier molecular flexibility index (Phi) is 4.81. The van der Waals surface area contributed by atoms with Crippen LogP contribution in [0.2, 0.25) is 0 Å². The van der Waals surface area contributed by atoms with Gasteiger partial charge in [0.05, 0.1) is 11.4 Å². The second-order valence-electron chi connectivity index (χ2n) is 6.14. The summed E-state index contributed by atoms with van der Waals surface area (Å²) in [5, 5.41) is 0. The first-order valence-corrected chi connectivity index (χ1v) is 7.47. The van der Waals surface area contributed by atoms with Crippen LogP contribution < -0.4 is 4.90 Å². The van der Waals surface area contributed by atoms with Gasteiger partial charge in [0.2, 0.25) is 0 Å². The fourth-order valence-corrected chi connectivity index (χ4v) is 2.67. The molecule has 0 bridgehead atoms. The molecule has 1 aromatic rings. The van der Waals surface area contributed by atoms with Gasteiger partial charge < -0.3 is 9.80 Å². The molecule has 3 nitrogen and oxygen atoms in total. The number of rotatable bonds is 4. The highest BCUT2D eigenvalue weighted by Crippen LogP contribution is 2.26.